The molecule has 3 rings (SSSR count). The van der Waals surface area contributed by atoms with E-state index in [-0.39, 0.29) is 11.5 Å². The maximum atomic E-state index is 11.8. The van der Waals surface area contributed by atoms with E-state index in [1.807, 2.05) is 14.1 Å². The Balaban J connectivity index is 1.66. The molecule has 0 N–H and O–H groups in total. The molecule has 0 aromatic heterocycles. The molecule has 0 atom stereocenters. The molecule has 0 aliphatic carbocycles. The van der Waals surface area contributed by atoms with Crippen molar-refractivity contribution in [2.24, 2.45) is 0 Å². The maximum absolute atomic E-state index is 11.8. The van der Waals surface area contributed by atoms with Crippen molar-refractivity contribution in [3.05, 3.63) is 35.4 Å². The standard InChI is InChI=1S/C16H22N2O2/c1-17(2)15(19)11-18-9-7-16(8-10-18)14-6-4-3-5-13(14)12-20-16/h3-6H,7-12H2,1-2H3. The Kier molecular flexibility index (Phi) is 3.52. The van der Waals surface area contributed by atoms with Crippen LogP contribution in [0.5, 0.6) is 0 Å². The van der Waals surface area contributed by atoms with E-state index in [1.54, 1.807) is 4.90 Å². The van der Waals surface area contributed by atoms with E-state index in [4.69, 9.17) is 4.74 Å². The molecule has 20 heavy (non-hydrogen) atoms. The van der Waals surface area contributed by atoms with Crippen LogP contribution >= 0.6 is 0 Å². The van der Waals surface area contributed by atoms with Crippen molar-refractivity contribution in [2.75, 3.05) is 33.7 Å². The first-order valence-electron chi connectivity index (χ1n) is 7.26. The number of likely N-dealkylation sites (tertiary alicyclic amines) is 1. The minimum absolute atomic E-state index is 0.103. The number of piperidine rings is 1. The molecule has 1 spiro atoms. The molecule has 4 heteroatoms. The second kappa shape index (κ2) is 5.19. The van der Waals surface area contributed by atoms with Gasteiger partial charge in [-0.25, -0.2) is 0 Å². The zero-order valence-electron chi connectivity index (χ0n) is 12.3. The van der Waals surface area contributed by atoms with E-state index in [0.29, 0.717) is 6.54 Å². The van der Waals surface area contributed by atoms with Crippen LogP contribution in [0.2, 0.25) is 0 Å². The number of amides is 1. The van der Waals surface area contributed by atoms with Crippen LogP contribution in [-0.2, 0) is 21.7 Å². The van der Waals surface area contributed by atoms with Crippen molar-refractivity contribution in [1.82, 2.24) is 9.80 Å². The Bertz CT molecular complexity index is 505. The van der Waals surface area contributed by atoms with Crippen LogP contribution in [0.15, 0.2) is 24.3 Å². The molecule has 1 fully saturated rings. The average molecular weight is 274 g/mol. The van der Waals surface area contributed by atoms with Gasteiger partial charge >= 0.3 is 0 Å². The molecule has 0 unspecified atom stereocenters. The van der Waals surface area contributed by atoms with Crippen molar-refractivity contribution in [2.45, 2.75) is 25.0 Å². The van der Waals surface area contributed by atoms with Crippen molar-refractivity contribution in [3.63, 3.8) is 0 Å². The Morgan fingerprint density at radius 2 is 2.00 bits per heavy atom. The predicted octanol–water partition coefficient (Wildman–Crippen LogP) is 1.60. The highest BCUT2D eigenvalue weighted by molar-refractivity contribution is 5.77. The first-order valence-corrected chi connectivity index (χ1v) is 7.26. The lowest BCUT2D eigenvalue weighted by molar-refractivity contribution is -0.132. The lowest BCUT2D eigenvalue weighted by atomic mass is 9.84. The molecule has 4 nitrogen and oxygen atoms in total. The summed E-state index contributed by atoms with van der Waals surface area (Å²) in [5.41, 5.74) is 2.58. The fraction of sp³-hybridized carbons (Fsp3) is 0.562. The number of rotatable bonds is 2. The number of hydrogen-bond donors (Lipinski definition) is 0. The third kappa shape index (κ3) is 2.34. The Hall–Kier alpha value is -1.39. The molecule has 1 aromatic rings. The van der Waals surface area contributed by atoms with Gasteiger partial charge in [0.1, 0.15) is 0 Å². The van der Waals surface area contributed by atoms with Gasteiger partial charge in [-0.05, 0) is 24.0 Å². The molecule has 2 aliphatic heterocycles. The number of carbonyl (C=O) groups is 1. The maximum Gasteiger partial charge on any atom is 0.236 e. The predicted molar refractivity (Wildman–Crippen MR) is 77.3 cm³/mol. The van der Waals surface area contributed by atoms with Gasteiger partial charge in [-0.1, -0.05) is 24.3 Å². The minimum atomic E-state index is -0.103. The van der Waals surface area contributed by atoms with Crippen LogP contribution in [0.25, 0.3) is 0 Å². The number of carbonyl (C=O) groups excluding carboxylic acids is 1. The molecule has 1 saturated heterocycles. The normalized spacial score (nSPS) is 20.9. The first kappa shape index (κ1) is 13.6. The average Bonchev–Trinajstić information content (AvgIpc) is 2.81. The van der Waals surface area contributed by atoms with E-state index in [1.165, 1.54) is 11.1 Å². The first-order chi connectivity index (χ1) is 9.61. The van der Waals surface area contributed by atoms with E-state index in [9.17, 15) is 4.79 Å². The number of likely N-dealkylation sites (N-methyl/N-ethyl adjacent to an activating group) is 1. The second-order valence-corrected chi connectivity index (χ2v) is 6.00. The monoisotopic (exact) mass is 274 g/mol. The Morgan fingerprint density at radius 1 is 1.30 bits per heavy atom. The van der Waals surface area contributed by atoms with E-state index in [0.717, 1.165) is 32.5 Å². The van der Waals surface area contributed by atoms with Crippen LogP contribution in [0, 0.1) is 0 Å². The van der Waals surface area contributed by atoms with Gasteiger partial charge in [0.05, 0.1) is 18.8 Å². The fourth-order valence-electron chi connectivity index (χ4n) is 3.20. The van der Waals surface area contributed by atoms with Crippen LogP contribution < -0.4 is 0 Å². The zero-order chi connectivity index (χ0) is 14.2. The molecular weight excluding hydrogens is 252 g/mol. The molecule has 1 aromatic carbocycles. The number of fused-ring (bicyclic) bond motifs is 2. The SMILES string of the molecule is CN(C)C(=O)CN1CCC2(CC1)OCc1ccccc12. The van der Waals surface area contributed by atoms with Crippen molar-refractivity contribution in [3.8, 4) is 0 Å². The summed E-state index contributed by atoms with van der Waals surface area (Å²) in [5.74, 6) is 0.175. The minimum Gasteiger partial charge on any atom is -0.365 e. The Morgan fingerprint density at radius 3 is 2.70 bits per heavy atom. The van der Waals surface area contributed by atoms with Crippen molar-refractivity contribution in [1.29, 1.82) is 0 Å². The highest BCUT2D eigenvalue weighted by Gasteiger charge is 2.42. The smallest absolute Gasteiger partial charge is 0.236 e. The summed E-state index contributed by atoms with van der Waals surface area (Å²) in [6.45, 7) is 3.10. The van der Waals surface area contributed by atoms with Gasteiger partial charge in [0, 0.05) is 27.2 Å². The van der Waals surface area contributed by atoms with Gasteiger partial charge in [-0.15, -0.1) is 0 Å². The quantitative estimate of drug-likeness (QED) is 0.821. The molecule has 0 bridgehead atoms. The van der Waals surface area contributed by atoms with Crippen LogP contribution in [0.1, 0.15) is 24.0 Å². The molecule has 0 radical (unpaired) electrons. The summed E-state index contributed by atoms with van der Waals surface area (Å²) in [6, 6.07) is 8.53. The number of ether oxygens (including phenoxy) is 1. The third-order valence-electron chi connectivity index (χ3n) is 4.53. The third-order valence-corrected chi connectivity index (χ3v) is 4.53. The van der Waals surface area contributed by atoms with Gasteiger partial charge in [0.2, 0.25) is 5.91 Å². The molecule has 2 heterocycles. The van der Waals surface area contributed by atoms with Crippen LogP contribution in [0.3, 0.4) is 0 Å². The molecule has 1 amide bonds. The highest BCUT2D eigenvalue weighted by atomic mass is 16.5. The lowest BCUT2D eigenvalue weighted by Gasteiger charge is -2.39. The van der Waals surface area contributed by atoms with E-state index in [2.05, 4.69) is 29.2 Å². The molecule has 2 aliphatic rings. The molecular formula is C16H22N2O2. The van der Waals surface area contributed by atoms with E-state index >= 15 is 0 Å². The van der Waals surface area contributed by atoms with Crippen LogP contribution in [0.4, 0.5) is 0 Å². The topological polar surface area (TPSA) is 32.8 Å². The lowest BCUT2D eigenvalue weighted by Crippen LogP contribution is -2.46. The van der Waals surface area contributed by atoms with Crippen molar-refractivity contribution < 1.29 is 9.53 Å². The number of nitrogens with zero attached hydrogens (tertiary/aromatic N) is 2. The Labute approximate surface area is 120 Å². The summed E-state index contributed by atoms with van der Waals surface area (Å²) in [5, 5.41) is 0. The largest absolute Gasteiger partial charge is 0.365 e. The second-order valence-electron chi connectivity index (χ2n) is 6.00. The zero-order valence-corrected chi connectivity index (χ0v) is 12.3. The summed E-state index contributed by atoms with van der Waals surface area (Å²) in [7, 11) is 3.62. The summed E-state index contributed by atoms with van der Waals surface area (Å²) in [4.78, 5) is 15.7. The van der Waals surface area contributed by atoms with Crippen molar-refractivity contribution >= 4 is 5.91 Å². The van der Waals surface area contributed by atoms with Gasteiger partial charge in [-0.2, -0.15) is 0 Å². The van der Waals surface area contributed by atoms with E-state index < -0.39 is 0 Å². The molecule has 108 valence electrons. The van der Waals surface area contributed by atoms with Gasteiger partial charge < -0.3 is 9.64 Å². The summed E-state index contributed by atoms with van der Waals surface area (Å²) in [6.07, 6.45) is 1.95. The van der Waals surface area contributed by atoms with Crippen LogP contribution in [-0.4, -0.2) is 49.4 Å². The van der Waals surface area contributed by atoms with Gasteiger partial charge in [0.15, 0.2) is 0 Å². The highest BCUT2D eigenvalue weighted by Crippen LogP contribution is 2.43. The fourth-order valence-corrected chi connectivity index (χ4v) is 3.20. The number of benzene rings is 1. The van der Waals surface area contributed by atoms with Gasteiger partial charge in [0.25, 0.3) is 0 Å². The summed E-state index contributed by atoms with van der Waals surface area (Å²) < 4.78 is 6.13. The van der Waals surface area contributed by atoms with Gasteiger partial charge in [-0.3, -0.25) is 9.69 Å². The molecule has 0 saturated carbocycles. The number of hydrogen-bond acceptors (Lipinski definition) is 3. The summed E-state index contributed by atoms with van der Waals surface area (Å²) >= 11 is 0.